The molecule has 0 aromatic heterocycles. The summed E-state index contributed by atoms with van der Waals surface area (Å²) in [4.78, 5) is 0. The van der Waals surface area contributed by atoms with E-state index in [1.165, 1.54) is 0 Å². The lowest BCUT2D eigenvalue weighted by Crippen LogP contribution is -2.00. The van der Waals surface area contributed by atoms with Gasteiger partial charge in [-0.1, -0.05) is 89.7 Å². The number of aliphatic hydroxyl groups excluding tert-OH is 1. The second kappa shape index (κ2) is 18.9. The van der Waals surface area contributed by atoms with E-state index in [1.54, 1.807) is 0 Å². The van der Waals surface area contributed by atoms with Crippen molar-refractivity contribution >= 4 is 0 Å². The highest BCUT2D eigenvalue weighted by Crippen LogP contribution is 2.12. The molecule has 0 bridgehead atoms. The molecule has 0 fully saturated rings. The predicted octanol–water partition coefficient (Wildman–Crippen LogP) is 5.48. The maximum absolute atomic E-state index is 8.87. The molecular weight excluding hydrogens is 248 g/mol. The Morgan fingerprint density at radius 2 is 1.20 bits per heavy atom. The monoisotopic (exact) mass is 319 g/mol. The lowest BCUT2D eigenvalue weighted by molar-refractivity contribution is 0.0895. The summed E-state index contributed by atoms with van der Waals surface area (Å²) in [6.45, 7) is -10.1. The van der Waals surface area contributed by atoms with E-state index in [9.17, 15) is 0 Å². The minimum Gasteiger partial charge on any atom is -0.394 e. The van der Waals surface area contributed by atoms with Crippen LogP contribution < -0.4 is 0 Å². The summed E-state index contributed by atoms with van der Waals surface area (Å²) in [5, 5.41) is 8.87. The first-order valence-corrected chi connectivity index (χ1v) is 5.06. The van der Waals surface area contributed by atoms with Crippen LogP contribution in [0, 0.1) is 0 Å². The molecular formula is C18H38O2. The molecule has 0 saturated carbocycles. The summed E-state index contributed by atoms with van der Waals surface area (Å²) < 4.78 is 267. The first-order valence-electron chi connectivity index (χ1n) is 21.6. The van der Waals surface area contributed by atoms with Gasteiger partial charge in [0.05, 0.1) is 16.0 Å². The molecule has 0 atom stereocenters. The van der Waals surface area contributed by atoms with Gasteiger partial charge >= 0.3 is 0 Å². The van der Waals surface area contributed by atoms with Gasteiger partial charge in [-0.3, -0.25) is 0 Å². The van der Waals surface area contributed by atoms with Gasteiger partial charge in [0.1, 0.15) is 0 Å². The summed E-state index contributed by atoms with van der Waals surface area (Å²) in [7, 11) is 0. The molecule has 122 valence electrons. The summed E-state index contributed by atoms with van der Waals surface area (Å²) in [5.41, 5.74) is 0. The first kappa shape index (κ1) is 2.65. The molecule has 0 aromatic rings. The Balaban J connectivity index is 7.68. The number of aliphatic hydroxyl groups is 1. The van der Waals surface area contributed by atoms with Gasteiger partial charge in [-0.2, -0.15) is 0 Å². The topological polar surface area (TPSA) is 29.5 Å². The normalized spacial score (nSPS) is 47.0. The van der Waals surface area contributed by atoms with E-state index in [0.29, 0.717) is 0 Å². The van der Waals surface area contributed by atoms with E-state index in [0.717, 1.165) is 0 Å². The van der Waals surface area contributed by atoms with Crippen LogP contribution in [0.3, 0.4) is 0 Å². The van der Waals surface area contributed by atoms with Crippen molar-refractivity contribution in [1.29, 1.82) is 0 Å². The second-order valence-corrected chi connectivity index (χ2v) is 2.42. The minimum atomic E-state index is -5.15. The SMILES string of the molecule is [2H]C([2H])([2H])C([2H])([2H])C([2H])([2H])C([2H])([2H])C([2H])([2H])C([2H])([2H])C([2H])([2H])C([2H])([2H])C([2H])([2H])C([2H])([2H])C([2H])([2H])C([2H])([2H])C([2H])([2H])C([2H])([2H])C([2H])([2H])C([2H])([2H])OCCO. The molecule has 20 heavy (non-hydrogen) atoms. The Kier molecular flexibility index (Phi) is 2.50. The third-order valence-corrected chi connectivity index (χ3v) is 1.13. The smallest absolute Gasteiger partial charge is 0.0697 e. The number of hydrogen-bond donors (Lipinski definition) is 1. The highest BCUT2D eigenvalue weighted by molar-refractivity contribution is 4.49. The van der Waals surface area contributed by atoms with Crippen molar-refractivity contribution in [3.05, 3.63) is 0 Å². The van der Waals surface area contributed by atoms with Crippen molar-refractivity contribution in [3.63, 3.8) is 0 Å². The third-order valence-electron chi connectivity index (χ3n) is 1.13. The lowest BCUT2D eigenvalue weighted by Gasteiger charge is -2.03. The van der Waals surface area contributed by atoms with Gasteiger partial charge < -0.3 is 9.84 Å². The zero-order valence-electron chi connectivity index (χ0n) is 43.3. The lowest BCUT2D eigenvalue weighted by atomic mass is 10.0. The van der Waals surface area contributed by atoms with Crippen molar-refractivity contribution in [2.45, 2.75) is 96.1 Å². The average molecular weight is 320 g/mol. The Bertz CT molecular complexity index is 1300. The van der Waals surface area contributed by atoms with E-state index in [1.807, 2.05) is 0 Å². The van der Waals surface area contributed by atoms with Crippen LogP contribution in [-0.4, -0.2) is 24.9 Å². The molecule has 1 N–H and O–H groups in total. The van der Waals surface area contributed by atoms with Gasteiger partial charge in [0, 0.05) is 49.1 Å². The van der Waals surface area contributed by atoms with Crippen LogP contribution in [0.4, 0.5) is 0 Å². The zero-order valence-corrected chi connectivity index (χ0v) is 10.3. The van der Waals surface area contributed by atoms with Crippen LogP contribution in [0.1, 0.15) is 141 Å². The molecule has 0 rings (SSSR count). The summed E-state index contributed by atoms with van der Waals surface area (Å²) in [6, 6.07) is 0. The van der Waals surface area contributed by atoms with Crippen molar-refractivity contribution in [2.24, 2.45) is 0 Å². The highest BCUT2D eigenvalue weighted by Gasteiger charge is 1.94. The Morgan fingerprint density at radius 3 is 1.65 bits per heavy atom. The van der Waals surface area contributed by atoms with Crippen molar-refractivity contribution in [1.82, 2.24) is 0 Å². The molecule has 0 aliphatic carbocycles. The molecule has 2 heteroatoms. The summed E-state index contributed by atoms with van der Waals surface area (Å²) >= 11 is 0. The predicted molar refractivity (Wildman–Crippen MR) is 88.2 cm³/mol. The largest absolute Gasteiger partial charge is 0.394 e. The van der Waals surface area contributed by atoms with Gasteiger partial charge in [-0.25, -0.2) is 0 Å². The van der Waals surface area contributed by atoms with Gasteiger partial charge in [0.2, 0.25) is 0 Å². The Hall–Kier alpha value is -0.0800. The van der Waals surface area contributed by atoms with E-state index in [-0.39, 0.29) is 0 Å². The maximum atomic E-state index is 8.87. The molecule has 0 heterocycles. The summed E-state index contributed by atoms with van der Waals surface area (Å²) in [5.74, 6) is 0. The number of ether oxygens (including phenoxy) is 1. The molecule has 0 radical (unpaired) electrons. The fraction of sp³-hybridized carbons (Fsp3) is 1.00. The maximum Gasteiger partial charge on any atom is 0.0697 e. The number of rotatable bonds is 17. The molecule has 0 spiro atoms. The van der Waals surface area contributed by atoms with Crippen LogP contribution in [-0.2, 0) is 4.74 Å². The van der Waals surface area contributed by atoms with E-state index >= 15 is 0 Å². The van der Waals surface area contributed by atoms with E-state index in [4.69, 9.17) is 50.3 Å². The van der Waals surface area contributed by atoms with E-state index in [2.05, 4.69) is 4.74 Å². The summed E-state index contributed by atoms with van der Waals surface area (Å²) in [6.07, 6.45) is -68.5. The third kappa shape index (κ3) is 17.9. The molecule has 0 amide bonds. The van der Waals surface area contributed by atoms with Crippen LogP contribution in [0.2, 0.25) is 0 Å². The van der Waals surface area contributed by atoms with Gasteiger partial charge in [-0.05, 0) is 6.37 Å². The molecule has 0 saturated heterocycles. The Morgan fingerprint density at radius 1 is 0.750 bits per heavy atom. The van der Waals surface area contributed by atoms with Crippen LogP contribution in [0.5, 0.6) is 0 Å². The number of hydrogen-bond acceptors (Lipinski definition) is 2. The zero-order chi connectivity index (χ0) is 44.1. The first-order chi connectivity index (χ1) is 22.3. The van der Waals surface area contributed by atoms with Crippen LogP contribution in [0.15, 0.2) is 0 Å². The van der Waals surface area contributed by atoms with Crippen LogP contribution in [0.25, 0.3) is 0 Å². The van der Waals surface area contributed by atoms with Crippen LogP contribution >= 0.6 is 0 Å². The molecule has 0 aliphatic rings. The van der Waals surface area contributed by atoms with Crippen molar-refractivity contribution < 1.29 is 55.1 Å². The average Bonchev–Trinajstić information content (AvgIpc) is 2.93. The van der Waals surface area contributed by atoms with Gasteiger partial charge in [0.25, 0.3) is 0 Å². The highest BCUT2D eigenvalue weighted by atomic mass is 16.5. The molecule has 0 aliphatic heterocycles. The molecule has 0 unspecified atom stereocenters. The Labute approximate surface area is 173 Å². The molecule has 2 nitrogen and oxygen atoms in total. The standard InChI is InChI=1S/C18H38O2/c1-2-3-4-5-6-7-8-9-10-11-12-13-14-15-17-20-18-16-19/h19H,2-18H2,1H3/i1D3,2D2,3D2,4D2,5D2,6D2,7D2,8D2,9D2,10D2,11D2,12D2,13D2,14D2,15D2,17D2. The van der Waals surface area contributed by atoms with Gasteiger partial charge in [0.15, 0.2) is 0 Å². The minimum absolute atomic E-state index is 1.01. The van der Waals surface area contributed by atoms with E-state index < -0.39 is 116 Å². The van der Waals surface area contributed by atoms with Crippen molar-refractivity contribution in [2.75, 3.05) is 19.8 Å². The van der Waals surface area contributed by atoms with Gasteiger partial charge in [-0.15, -0.1) is 0 Å². The fourth-order valence-electron chi connectivity index (χ4n) is 0.533. The quantitative estimate of drug-likeness (QED) is 0.385. The second-order valence-electron chi connectivity index (χ2n) is 2.42. The fourth-order valence-corrected chi connectivity index (χ4v) is 0.533. The molecule has 0 aromatic carbocycles. The van der Waals surface area contributed by atoms with Crippen molar-refractivity contribution in [3.8, 4) is 0 Å².